The van der Waals surface area contributed by atoms with E-state index in [1.54, 1.807) is 0 Å². The monoisotopic (exact) mass is 292 g/mol. The molecule has 0 spiro atoms. The largest absolute Gasteiger partial charge is 0.392 e. The van der Waals surface area contributed by atoms with Crippen LogP contribution in [0.25, 0.3) is 0 Å². The summed E-state index contributed by atoms with van der Waals surface area (Å²) in [4.78, 5) is 0. The van der Waals surface area contributed by atoms with Crippen LogP contribution in [0.5, 0.6) is 0 Å². The second-order valence-electron chi connectivity index (χ2n) is 7.18. The summed E-state index contributed by atoms with van der Waals surface area (Å²) >= 11 is 0. The van der Waals surface area contributed by atoms with Gasteiger partial charge in [-0.2, -0.15) is 5.10 Å². The summed E-state index contributed by atoms with van der Waals surface area (Å²) in [5.41, 5.74) is 2.49. The van der Waals surface area contributed by atoms with E-state index in [1.807, 2.05) is 0 Å². The van der Waals surface area contributed by atoms with E-state index in [2.05, 4.69) is 43.5 Å². The molecule has 1 aromatic heterocycles. The SMILES string of the molecule is CCc1cc(CC(O)C2(CC(C)C)CCCC2)n(CC)n1. The third-order valence-electron chi connectivity index (χ3n) is 5.10. The Kier molecular flexibility index (Phi) is 5.48. The highest BCUT2D eigenvalue weighted by Gasteiger charge is 2.41. The Morgan fingerprint density at radius 1 is 1.29 bits per heavy atom. The van der Waals surface area contributed by atoms with E-state index in [1.165, 1.54) is 31.4 Å². The fourth-order valence-electron chi connectivity index (χ4n) is 4.11. The quantitative estimate of drug-likeness (QED) is 0.825. The number of hydrogen-bond acceptors (Lipinski definition) is 2. The van der Waals surface area contributed by atoms with Crippen molar-refractivity contribution in [3.63, 3.8) is 0 Å². The van der Waals surface area contributed by atoms with E-state index in [0.717, 1.165) is 31.5 Å². The predicted molar refractivity (Wildman–Crippen MR) is 87.3 cm³/mol. The molecule has 0 radical (unpaired) electrons. The van der Waals surface area contributed by atoms with Crippen LogP contribution in [0.4, 0.5) is 0 Å². The Morgan fingerprint density at radius 3 is 2.48 bits per heavy atom. The third kappa shape index (κ3) is 3.68. The minimum absolute atomic E-state index is 0.142. The first-order valence-corrected chi connectivity index (χ1v) is 8.74. The lowest BCUT2D eigenvalue weighted by Crippen LogP contribution is -2.36. The van der Waals surface area contributed by atoms with Crippen LogP contribution in [-0.2, 0) is 19.4 Å². The summed E-state index contributed by atoms with van der Waals surface area (Å²) in [5.74, 6) is 0.653. The molecule has 120 valence electrons. The van der Waals surface area contributed by atoms with E-state index in [4.69, 9.17) is 0 Å². The molecule has 1 heterocycles. The minimum atomic E-state index is -0.228. The van der Waals surface area contributed by atoms with Crippen molar-refractivity contribution < 1.29 is 5.11 Å². The van der Waals surface area contributed by atoms with Gasteiger partial charge in [0.2, 0.25) is 0 Å². The molecule has 2 rings (SSSR count). The number of hydrogen-bond donors (Lipinski definition) is 1. The van der Waals surface area contributed by atoms with Gasteiger partial charge in [-0.25, -0.2) is 0 Å². The third-order valence-corrected chi connectivity index (χ3v) is 5.10. The van der Waals surface area contributed by atoms with E-state index in [-0.39, 0.29) is 11.5 Å². The van der Waals surface area contributed by atoms with Crippen molar-refractivity contribution in [1.82, 2.24) is 9.78 Å². The molecule has 1 N–H and O–H groups in total. The molecule has 1 aromatic rings. The highest BCUT2D eigenvalue weighted by molar-refractivity contribution is 5.13. The lowest BCUT2D eigenvalue weighted by molar-refractivity contribution is 0.0120. The van der Waals surface area contributed by atoms with Gasteiger partial charge in [0.25, 0.3) is 0 Å². The normalized spacial score (nSPS) is 19.3. The second kappa shape index (κ2) is 6.95. The molecular weight excluding hydrogens is 260 g/mol. The van der Waals surface area contributed by atoms with Gasteiger partial charge >= 0.3 is 0 Å². The van der Waals surface area contributed by atoms with Crippen molar-refractivity contribution in [3.8, 4) is 0 Å². The van der Waals surface area contributed by atoms with Gasteiger partial charge in [-0.3, -0.25) is 4.68 Å². The molecule has 3 heteroatoms. The number of rotatable bonds is 7. The van der Waals surface area contributed by atoms with Gasteiger partial charge in [-0.05, 0) is 50.0 Å². The number of aromatic nitrogens is 2. The summed E-state index contributed by atoms with van der Waals surface area (Å²) in [6, 6.07) is 2.19. The zero-order valence-electron chi connectivity index (χ0n) is 14.2. The van der Waals surface area contributed by atoms with Crippen LogP contribution in [0.15, 0.2) is 6.07 Å². The summed E-state index contributed by atoms with van der Waals surface area (Å²) in [5, 5.41) is 15.6. The molecule has 0 aromatic carbocycles. The average Bonchev–Trinajstić information content (AvgIpc) is 3.05. The van der Waals surface area contributed by atoms with Gasteiger partial charge in [0.15, 0.2) is 0 Å². The van der Waals surface area contributed by atoms with Crippen LogP contribution >= 0.6 is 0 Å². The van der Waals surface area contributed by atoms with Gasteiger partial charge in [0.1, 0.15) is 0 Å². The second-order valence-corrected chi connectivity index (χ2v) is 7.18. The molecule has 0 aliphatic heterocycles. The Morgan fingerprint density at radius 2 is 1.95 bits per heavy atom. The molecule has 0 saturated heterocycles. The average molecular weight is 292 g/mol. The Bertz CT molecular complexity index is 444. The van der Waals surface area contributed by atoms with Crippen LogP contribution in [-0.4, -0.2) is 21.0 Å². The molecule has 3 nitrogen and oxygen atoms in total. The van der Waals surface area contributed by atoms with Gasteiger partial charge < -0.3 is 5.11 Å². The lowest BCUT2D eigenvalue weighted by atomic mass is 9.72. The highest BCUT2D eigenvalue weighted by atomic mass is 16.3. The number of aliphatic hydroxyl groups is 1. The minimum Gasteiger partial charge on any atom is -0.392 e. The van der Waals surface area contributed by atoms with Gasteiger partial charge in [0.05, 0.1) is 11.8 Å². The Labute approximate surface area is 129 Å². The molecule has 1 atom stereocenters. The van der Waals surface area contributed by atoms with Crippen LogP contribution in [0.1, 0.15) is 71.2 Å². The zero-order valence-corrected chi connectivity index (χ0v) is 14.2. The van der Waals surface area contributed by atoms with Crippen molar-refractivity contribution in [1.29, 1.82) is 0 Å². The molecule has 0 amide bonds. The Balaban J connectivity index is 2.15. The molecule has 1 saturated carbocycles. The van der Waals surface area contributed by atoms with Gasteiger partial charge in [0, 0.05) is 18.7 Å². The molecule has 21 heavy (non-hydrogen) atoms. The number of aryl methyl sites for hydroxylation is 2. The van der Waals surface area contributed by atoms with E-state index < -0.39 is 0 Å². The maximum Gasteiger partial charge on any atom is 0.0651 e. The highest BCUT2D eigenvalue weighted by Crippen LogP contribution is 2.46. The van der Waals surface area contributed by atoms with Crippen molar-refractivity contribution in [2.24, 2.45) is 11.3 Å². The van der Waals surface area contributed by atoms with E-state index in [9.17, 15) is 5.11 Å². The number of nitrogens with zero attached hydrogens (tertiary/aromatic N) is 2. The summed E-state index contributed by atoms with van der Waals surface area (Å²) < 4.78 is 2.07. The van der Waals surface area contributed by atoms with E-state index >= 15 is 0 Å². The first-order valence-electron chi connectivity index (χ1n) is 8.74. The van der Waals surface area contributed by atoms with Gasteiger partial charge in [-0.1, -0.05) is 33.6 Å². The van der Waals surface area contributed by atoms with Crippen LogP contribution < -0.4 is 0 Å². The molecular formula is C18H32N2O. The molecule has 1 aliphatic carbocycles. The number of aliphatic hydroxyl groups excluding tert-OH is 1. The first-order chi connectivity index (χ1) is 10.0. The topological polar surface area (TPSA) is 38.0 Å². The van der Waals surface area contributed by atoms with Gasteiger partial charge in [-0.15, -0.1) is 0 Å². The molecule has 1 unspecified atom stereocenters. The predicted octanol–water partition coefficient (Wildman–Crippen LogP) is 3.98. The lowest BCUT2D eigenvalue weighted by Gasteiger charge is -2.36. The smallest absolute Gasteiger partial charge is 0.0651 e. The maximum atomic E-state index is 11.0. The van der Waals surface area contributed by atoms with Crippen LogP contribution in [0.3, 0.4) is 0 Å². The maximum absolute atomic E-state index is 11.0. The fourth-order valence-corrected chi connectivity index (χ4v) is 4.11. The van der Waals surface area contributed by atoms with Crippen LogP contribution in [0.2, 0.25) is 0 Å². The molecule has 0 bridgehead atoms. The summed E-state index contributed by atoms with van der Waals surface area (Å²) in [7, 11) is 0. The molecule has 1 aliphatic rings. The van der Waals surface area contributed by atoms with Crippen molar-refractivity contribution in [3.05, 3.63) is 17.5 Å². The van der Waals surface area contributed by atoms with Crippen molar-refractivity contribution in [2.75, 3.05) is 0 Å². The molecule has 1 fully saturated rings. The fraction of sp³-hybridized carbons (Fsp3) is 0.833. The van der Waals surface area contributed by atoms with Crippen LogP contribution in [0, 0.1) is 11.3 Å². The van der Waals surface area contributed by atoms with Crippen molar-refractivity contribution >= 4 is 0 Å². The Hall–Kier alpha value is -0.830. The zero-order chi connectivity index (χ0) is 15.5. The first kappa shape index (κ1) is 16.5. The van der Waals surface area contributed by atoms with Crippen molar-refractivity contribution in [2.45, 2.75) is 85.3 Å². The van der Waals surface area contributed by atoms with E-state index in [0.29, 0.717) is 5.92 Å². The standard InChI is InChI=1S/C18H32N2O/c1-5-15-11-16(20(6-2)19-15)12-17(21)18(13-14(3)4)9-7-8-10-18/h11,14,17,21H,5-10,12-13H2,1-4H3. The summed E-state index contributed by atoms with van der Waals surface area (Å²) in [6.07, 6.45) is 7.57. The summed E-state index contributed by atoms with van der Waals surface area (Å²) in [6.45, 7) is 9.71.